The first-order valence-corrected chi connectivity index (χ1v) is 6.58. The first kappa shape index (κ1) is 15.8. The van der Waals surface area contributed by atoms with Crippen LogP contribution in [0.2, 0.25) is 0 Å². The van der Waals surface area contributed by atoms with Gasteiger partial charge in [-0.25, -0.2) is 9.38 Å². The summed E-state index contributed by atoms with van der Waals surface area (Å²) in [4.78, 5) is 4.33. The van der Waals surface area contributed by atoms with E-state index in [-0.39, 0.29) is 11.6 Å². The molecule has 0 aliphatic carbocycles. The number of hydrogen-bond acceptors (Lipinski definition) is 2. The molecule has 0 radical (unpaired) electrons. The molecule has 0 saturated carbocycles. The molecule has 108 valence electrons. The molecule has 0 unspecified atom stereocenters. The third-order valence-corrected chi connectivity index (χ3v) is 2.42. The van der Waals surface area contributed by atoms with E-state index in [4.69, 9.17) is 11.2 Å². The summed E-state index contributed by atoms with van der Waals surface area (Å²) in [5.74, 6) is 2.98. The molecule has 0 fully saturated rings. The number of terminal acetylenes is 1. The van der Waals surface area contributed by atoms with Crippen molar-refractivity contribution in [2.24, 2.45) is 4.99 Å². The second-order valence-corrected chi connectivity index (χ2v) is 3.95. The zero-order valence-electron chi connectivity index (χ0n) is 11.9. The van der Waals surface area contributed by atoms with Gasteiger partial charge in [0, 0.05) is 6.54 Å². The molecule has 0 heterocycles. The van der Waals surface area contributed by atoms with Crippen molar-refractivity contribution in [1.82, 2.24) is 10.6 Å². The molecule has 0 bridgehead atoms. The minimum Gasteiger partial charge on any atom is -0.491 e. The minimum absolute atomic E-state index is 0.262. The third kappa shape index (κ3) is 5.19. The Bertz CT molecular complexity index is 494. The summed E-state index contributed by atoms with van der Waals surface area (Å²) >= 11 is 0. The molecule has 0 aliphatic heterocycles. The summed E-state index contributed by atoms with van der Waals surface area (Å²) in [7, 11) is 0. The predicted octanol–water partition coefficient (Wildman–Crippen LogP) is 1.91. The molecular weight excluding hydrogens is 257 g/mol. The number of aliphatic imine (C=N–C) groups is 1. The van der Waals surface area contributed by atoms with Gasteiger partial charge in [-0.2, -0.15) is 0 Å². The fourth-order valence-corrected chi connectivity index (χ4v) is 1.56. The molecular formula is C15H20FN3O. The fourth-order valence-electron chi connectivity index (χ4n) is 1.56. The Hall–Kier alpha value is -2.22. The highest BCUT2D eigenvalue weighted by molar-refractivity contribution is 5.79. The summed E-state index contributed by atoms with van der Waals surface area (Å²) in [6, 6.07) is 4.84. The highest BCUT2D eigenvalue weighted by atomic mass is 19.1. The van der Waals surface area contributed by atoms with Crippen LogP contribution < -0.4 is 15.4 Å². The van der Waals surface area contributed by atoms with Crippen molar-refractivity contribution in [3.8, 4) is 18.1 Å². The van der Waals surface area contributed by atoms with Crippen LogP contribution >= 0.6 is 0 Å². The van der Waals surface area contributed by atoms with Crippen LogP contribution in [0.15, 0.2) is 23.2 Å². The van der Waals surface area contributed by atoms with Crippen molar-refractivity contribution in [2.45, 2.75) is 20.4 Å². The SMILES string of the molecule is C#CCNC(=NCc1ccc(OCC)c(F)c1)NCC. The standard InChI is InChI=1S/C15H20FN3O/c1-4-9-18-15(17-5-2)19-11-12-7-8-14(20-6-3)13(16)10-12/h1,7-8,10H,5-6,9,11H2,2-3H3,(H2,17,18,19). The molecule has 4 nitrogen and oxygen atoms in total. The van der Waals surface area contributed by atoms with Crippen LogP contribution in [-0.2, 0) is 6.54 Å². The Morgan fingerprint density at radius 3 is 2.80 bits per heavy atom. The van der Waals surface area contributed by atoms with Gasteiger partial charge >= 0.3 is 0 Å². The van der Waals surface area contributed by atoms with E-state index in [1.54, 1.807) is 12.1 Å². The number of nitrogens with zero attached hydrogens (tertiary/aromatic N) is 1. The fraction of sp³-hybridized carbons (Fsp3) is 0.400. The number of benzene rings is 1. The van der Waals surface area contributed by atoms with Crippen LogP contribution in [0, 0.1) is 18.2 Å². The van der Waals surface area contributed by atoms with E-state index in [0.717, 1.165) is 12.1 Å². The van der Waals surface area contributed by atoms with Crippen LogP contribution in [0.25, 0.3) is 0 Å². The average Bonchev–Trinajstić information content (AvgIpc) is 2.45. The van der Waals surface area contributed by atoms with Crippen LogP contribution in [0.4, 0.5) is 4.39 Å². The van der Waals surface area contributed by atoms with E-state index in [2.05, 4.69) is 21.5 Å². The summed E-state index contributed by atoms with van der Waals surface area (Å²) in [6.07, 6.45) is 5.19. The lowest BCUT2D eigenvalue weighted by molar-refractivity contribution is 0.321. The van der Waals surface area contributed by atoms with Gasteiger partial charge in [0.05, 0.1) is 19.7 Å². The van der Waals surface area contributed by atoms with Gasteiger partial charge in [-0.15, -0.1) is 6.42 Å². The highest BCUT2D eigenvalue weighted by Gasteiger charge is 2.04. The zero-order valence-corrected chi connectivity index (χ0v) is 11.9. The number of guanidine groups is 1. The lowest BCUT2D eigenvalue weighted by atomic mass is 10.2. The molecule has 1 aromatic carbocycles. The number of hydrogen-bond donors (Lipinski definition) is 2. The Morgan fingerprint density at radius 1 is 1.40 bits per heavy atom. The van der Waals surface area contributed by atoms with Crippen molar-refractivity contribution in [3.05, 3.63) is 29.6 Å². The maximum absolute atomic E-state index is 13.7. The van der Waals surface area contributed by atoms with Crippen molar-refractivity contribution in [3.63, 3.8) is 0 Å². The Balaban J connectivity index is 2.71. The maximum atomic E-state index is 13.7. The predicted molar refractivity (Wildman–Crippen MR) is 79.2 cm³/mol. The number of ether oxygens (including phenoxy) is 1. The van der Waals surface area contributed by atoms with Crippen LogP contribution in [0.5, 0.6) is 5.75 Å². The van der Waals surface area contributed by atoms with Gasteiger partial charge in [0.15, 0.2) is 17.5 Å². The number of nitrogens with one attached hydrogen (secondary N) is 2. The van der Waals surface area contributed by atoms with E-state index < -0.39 is 0 Å². The number of halogens is 1. The average molecular weight is 277 g/mol. The summed E-state index contributed by atoms with van der Waals surface area (Å²) in [6.45, 7) is 5.71. The highest BCUT2D eigenvalue weighted by Crippen LogP contribution is 2.18. The van der Waals surface area contributed by atoms with Crippen molar-refractivity contribution in [1.29, 1.82) is 0 Å². The lowest BCUT2D eigenvalue weighted by Gasteiger charge is -2.09. The molecule has 5 heteroatoms. The van der Waals surface area contributed by atoms with E-state index in [9.17, 15) is 4.39 Å². The van der Waals surface area contributed by atoms with E-state index in [1.165, 1.54) is 6.07 Å². The summed E-state index contributed by atoms with van der Waals surface area (Å²) in [5.41, 5.74) is 0.767. The maximum Gasteiger partial charge on any atom is 0.192 e. The van der Waals surface area contributed by atoms with Crippen molar-refractivity contribution < 1.29 is 9.13 Å². The second kappa shape index (κ2) is 8.81. The monoisotopic (exact) mass is 277 g/mol. The molecule has 2 N–H and O–H groups in total. The molecule has 0 atom stereocenters. The van der Waals surface area contributed by atoms with Gasteiger partial charge in [0.2, 0.25) is 0 Å². The van der Waals surface area contributed by atoms with Gasteiger partial charge in [-0.1, -0.05) is 12.0 Å². The van der Waals surface area contributed by atoms with E-state index in [0.29, 0.717) is 25.7 Å². The lowest BCUT2D eigenvalue weighted by Crippen LogP contribution is -2.37. The Morgan fingerprint density at radius 2 is 2.20 bits per heavy atom. The van der Waals surface area contributed by atoms with Gasteiger partial charge < -0.3 is 15.4 Å². The molecule has 0 amide bonds. The summed E-state index contributed by atoms with van der Waals surface area (Å²) in [5, 5.41) is 6.03. The first-order chi connectivity index (χ1) is 9.71. The smallest absolute Gasteiger partial charge is 0.192 e. The molecule has 0 spiro atoms. The van der Waals surface area contributed by atoms with Gasteiger partial charge in [-0.05, 0) is 31.5 Å². The molecule has 0 aromatic heterocycles. The largest absolute Gasteiger partial charge is 0.491 e. The minimum atomic E-state index is -0.374. The van der Waals surface area contributed by atoms with Gasteiger partial charge in [-0.3, -0.25) is 0 Å². The quantitative estimate of drug-likeness (QED) is 0.474. The normalized spacial score (nSPS) is 10.8. The van der Waals surface area contributed by atoms with Gasteiger partial charge in [0.25, 0.3) is 0 Å². The number of rotatable bonds is 6. The molecule has 0 saturated heterocycles. The zero-order chi connectivity index (χ0) is 14.8. The van der Waals surface area contributed by atoms with Crippen molar-refractivity contribution in [2.75, 3.05) is 19.7 Å². The first-order valence-electron chi connectivity index (χ1n) is 6.58. The van der Waals surface area contributed by atoms with E-state index in [1.807, 2.05) is 13.8 Å². The van der Waals surface area contributed by atoms with Gasteiger partial charge in [0.1, 0.15) is 0 Å². The summed E-state index contributed by atoms with van der Waals surface area (Å²) < 4.78 is 18.8. The van der Waals surface area contributed by atoms with Crippen LogP contribution in [0.3, 0.4) is 0 Å². The van der Waals surface area contributed by atoms with Crippen molar-refractivity contribution >= 4 is 5.96 Å². The molecule has 0 aliphatic rings. The third-order valence-electron chi connectivity index (χ3n) is 2.42. The van der Waals surface area contributed by atoms with E-state index >= 15 is 0 Å². The van der Waals surface area contributed by atoms with Crippen LogP contribution in [0.1, 0.15) is 19.4 Å². The second-order valence-electron chi connectivity index (χ2n) is 3.95. The molecule has 1 aromatic rings. The molecule has 20 heavy (non-hydrogen) atoms. The Kier molecular flexibility index (Phi) is 6.97. The Labute approximate surface area is 119 Å². The molecule has 1 rings (SSSR count). The topological polar surface area (TPSA) is 45.7 Å². The van der Waals surface area contributed by atoms with Crippen LogP contribution in [-0.4, -0.2) is 25.7 Å².